The largest absolute Gasteiger partial charge is 0.353 e. The first-order valence-corrected chi connectivity index (χ1v) is 7.53. The first kappa shape index (κ1) is 12.9. The third kappa shape index (κ3) is 2.76. The fourth-order valence-corrected chi connectivity index (χ4v) is 3.63. The molecule has 3 aliphatic rings. The summed E-state index contributed by atoms with van der Waals surface area (Å²) in [5.74, 6) is 1.13. The molecule has 106 valence electrons. The summed E-state index contributed by atoms with van der Waals surface area (Å²) in [5, 5.41) is 6.38. The van der Waals surface area contributed by atoms with Crippen molar-refractivity contribution < 1.29 is 9.59 Å². The Hall–Kier alpha value is -1.10. The van der Waals surface area contributed by atoms with E-state index in [2.05, 4.69) is 10.6 Å². The molecule has 3 aliphatic heterocycles. The highest BCUT2D eigenvalue weighted by atomic mass is 16.2. The number of amides is 2. The van der Waals surface area contributed by atoms with Gasteiger partial charge < -0.3 is 15.5 Å². The third-order valence-electron chi connectivity index (χ3n) is 4.78. The minimum Gasteiger partial charge on any atom is -0.353 e. The number of hydrogen-bond acceptors (Lipinski definition) is 3. The number of hydrogen-bond donors (Lipinski definition) is 2. The monoisotopic (exact) mass is 265 g/mol. The van der Waals surface area contributed by atoms with Crippen LogP contribution in [0.15, 0.2) is 0 Å². The Kier molecular flexibility index (Phi) is 3.73. The SMILES string of the molecule is O=C1CCC2CN(C(=O)[C@@H]3CCCNC3)CCC2N1. The summed E-state index contributed by atoms with van der Waals surface area (Å²) in [6.07, 6.45) is 4.60. The highest BCUT2D eigenvalue weighted by Gasteiger charge is 2.37. The predicted molar refractivity (Wildman–Crippen MR) is 71.4 cm³/mol. The molecule has 5 nitrogen and oxygen atoms in total. The van der Waals surface area contributed by atoms with Crippen LogP contribution in [0.2, 0.25) is 0 Å². The van der Waals surface area contributed by atoms with Crippen LogP contribution in [0.4, 0.5) is 0 Å². The molecule has 0 aromatic rings. The lowest BCUT2D eigenvalue weighted by Gasteiger charge is -2.42. The van der Waals surface area contributed by atoms with Gasteiger partial charge >= 0.3 is 0 Å². The molecule has 2 unspecified atom stereocenters. The number of rotatable bonds is 1. The van der Waals surface area contributed by atoms with Crippen LogP contribution in [0.3, 0.4) is 0 Å². The van der Waals surface area contributed by atoms with Gasteiger partial charge in [-0.05, 0) is 38.1 Å². The van der Waals surface area contributed by atoms with Crippen LogP contribution >= 0.6 is 0 Å². The minimum absolute atomic E-state index is 0.170. The highest BCUT2D eigenvalue weighted by Crippen LogP contribution is 2.27. The van der Waals surface area contributed by atoms with Crippen LogP contribution in [0.5, 0.6) is 0 Å². The smallest absolute Gasteiger partial charge is 0.226 e. The second-order valence-electron chi connectivity index (χ2n) is 6.09. The van der Waals surface area contributed by atoms with Gasteiger partial charge in [0, 0.05) is 32.1 Å². The molecule has 0 aromatic carbocycles. The van der Waals surface area contributed by atoms with Crippen LogP contribution < -0.4 is 10.6 Å². The molecule has 0 bridgehead atoms. The van der Waals surface area contributed by atoms with Crippen LogP contribution in [0.1, 0.15) is 32.1 Å². The molecule has 0 saturated carbocycles. The number of piperidine rings is 3. The van der Waals surface area contributed by atoms with Gasteiger partial charge in [0.05, 0.1) is 5.92 Å². The standard InChI is InChI=1S/C14H23N3O2/c18-13-4-3-11-9-17(7-5-12(11)16-13)14(19)10-2-1-6-15-8-10/h10-12,15H,1-9H2,(H,16,18)/t10-,11?,12?/m1/s1. The van der Waals surface area contributed by atoms with Crippen LogP contribution in [0.25, 0.3) is 0 Å². The second kappa shape index (κ2) is 5.49. The van der Waals surface area contributed by atoms with Crippen molar-refractivity contribution >= 4 is 11.8 Å². The number of fused-ring (bicyclic) bond motifs is 1. The van der Waals surface area contributed by atoms with Gasteiger partial charge in [-0.2, -0.15) is 0 Å². The Morgan fingerprint density at radius 1 is 1.26 bits per heavy atom. The fraction of sp³-hybridized carbons (Fsp3) is 0.857. The molecule has 3 fully saturated rings. The van der Waals surface area contributed by atoms with Crippen molar-refractivity contribution in [1.29, 1.82) is 0 Å². The summed E-state index contributed by atoms with van der Waals surface area (Å²) >= 11 is 0. The zero-order valence-electron chi connectivity index (χ0n) is 11.4. The lowest BCUT2D eigenvalue weighted by Crippen LogP contribution is -2.56. The van der Waals surface area contributed by atoms with E-state index in [-0.39, 0.29) is 11.8 Å². The number of carbonyl (C=O) groups excluding carboxylic acids is 2. The first-order valence-electron chi connectivity index (χ1n) is 7.53. The number of nitrogens with one attached hydrogen (secondary N) is 2. The van der Waals surface area contributed by atoms with Crippen molar-refractivity contribution in [3.63, 3.8) is 0 Å². The molecule has 0 spiro atoms. The number of carbonyl (C=O) groups is 2. The van der Waals surface area contributed by atoms with E-state index in [4.69, 9.17) is 0 Å². The maximum Gasteiger partial charge on any atom is 0.226 e. The van der Waals surface area contributed by atoms with Gasteiger partial charge in [0.15, 0.2) is 0 Å². The molecular formula is C14H23N3O2. The van der Waals surface area contributed by atoms with E-state index in [1.54, 1.807) is 0 Å². The first-order chi connectivity index (χ1) is 9.24. The Morgan fingerprint density at radius 3 is 2.95 bits per heavy atom. The van der Waals surface area contributed by atoms with Crippen molar-refractivity contribution in [2.24, 2.45) is 11.8 Å². The lowest BCUT2D eigenvalue weighted by molar-refractivity contribution is -0.139. The van der Waals surface area contributed by atoms with Crippen molar-refractivity contribution in [3.05, 3.63) is 0 Å². The van der Waals surface area contributed by atoms with Gasteiger partial charge in [0.1, 0.15) is 0 Å². The predicted octanol–water partition coefficient (Wildman–Crippen LogP) is 0.113. The van der Waals surface area contributed by atoms with Crippen LogP contribution in [0, 0.1) is 11.8 Å². The average Bonchev–Trinajstić information content (AvgIpc) is 2.47. The third-order valence-corrected chi connectivity index (χ3v) is 4.78. The van der Waals surface area contributed by atoms with E-state index in [0.29, 0.717) is 24.3 Å². The average molecular weight is 265 g/mol. The van der Waals surface area contributed by atoms with Crippen LogP contribution in [-0.4, -0.2) is 48.9 Å². The van der Waals surface area contributed by atoms with E-state index in [1.165, 1.54) is 0 Å². The summed E-state index contributed by atoms with van der Waals surface area (Å²) < 4.78 is 0. The molecular weight excluding hydrogens is 242 g/mol. The summed E-state index contributed by atoms with van der Waals surface area (Å²) in [7, 11) is 0. The maximum atomic E-state index is 12.5. The molecule has 0 radical (unpaired) electrons. The molecule has 0 aliphatic carbocycles. The van der Waals surface area contributed by atoms with Gasteiger partial charge in [-0.3, -0.25) is 9.59 Å². The minimum atomic E-state index is 0.170. The highest BCUT2D eigenvalue weighted by molar-refractivity contribution is 5.80. The summed E-state index contributed by atoms with van der Waals surface area (Å²) in [4.78, 5) is 25.9. The summed E-state index contributed by atoms with van der Waals surface area (Å²) in [6.45, 7) is 3.51. The van der Waals surface area contributed by atoms with E-state index in [1.807, 2.05) is 4.90 Å². The molecule has 2 amide bonds. The zero-order chi connectivity index (χ0) is 13.2. The fourth-order valence-electron chi connectivity index (χ4n) is 3.63. The lowest BCUT2D eigenvalue weighted by atomic mass is 9.84. The Morgan fingerprint density at radius 2 is 2.16 bits per heavy atom. The molecule has 5 heteroatoms. The topological polar surface area (TPSA) is 61.4 Å². The molecule has 2 N–H and O–H groups in total. The van der Waals surface area contributed by atoms with Gasteiger partial charge in [0.2, 0.25) is 11.8 Å². The number of likely N-dealkylation sites (tertiary alicyclic amines) is 1. The molecule has 0 aromatic heterocycles. The van der Waals surface area contributed by atoms with E-state index in [9.17, 15) is 9.59 Å². The van der Waals surface area contributed by atoms with E-state index in [0.717, 1.165) is 51.9 Å². The van der Waals surface area contributed by atoms with Crippen molar-refractivity contribution in [2.45, 2.75) is 38.1 Å². The Labute approximate surface area is 114 Å². The summed E-state index contributed by atoms with van der Waals surface area (Å²) in [5.41, 5.74) is 0. The van der Waals surface area contributed by atoms with Crippen LogP contribution in [-0.2, 0) is 9.59 Å². The Balaban J connectivity index is 1.58. The number of nitrogens with zero attached hydrogens (tertiary/aromatic N) is 1. The van der Waals surface area contributed by atoms with Gasteiger partial charge in [-0.1, -0.05) is 0 Å². The molecule has 3 heterocycles. The van der Waals surface area contributed by atoms with E-state index < -0.39 is 0 Å². The normalized spacial score (nSPS) is 35.5. The second-order valence-corrected chi connectivity index (χ2v) is 6.09. The van der Waals surface area contributed by atoms with Crippen molar-refractivity contribution in [3.8, 4) is 0 Å². The van der Waals surface area contributed by atoms with Gasteiger partial charge in [0.25, 0.3) is 0 Å². The molecule has 3 rings (SSSR count). The molecule has 3 atom stereocenters. The molecule has 3 saturated heterocycles. The van der Waals surface area contributed by atoms with Gasteiger partial charge in [-0.25, -0.2) is 0 Å². The van der Waals surface area contributed by atoms with Crippen molar-refractivity contribution in [2.75, 3.05) is 26.2 Å². The van der Waals surface area contributed by atoms with Crippen molar-refractivity contribution in [1.82, 2.24) is 15.5 Å². The van der Waals surface area contributed by atoms with Gasteiger partial charge in [-0.15, -0.1) is 0 Å². The van der Waals surface area contributed by atoms with E-state index >= 15 is 0 Å². The summed E-state index contributed by atoms with van der Waals surface area (Å²) in [6, 6.07) is 0.301. The Bertz CT molecular complexity index is 366. The maximum absolute atomic E-state index is 12.5. The molecule has 19 heavy (non-hydrogen) atoms. The quantitative estimate of drug-likeness (QED) is 0.707. The zero-order valence-corrected chi connectivity index (χ0v) is 11.4.